The quantitative estimate of drug-likeness (QED) is 0.710. The third-order valence-electron chi connectivity index (χ3n) is 2.43. The molecule has 0 radical (unpaired) electrons. The van der Waals surface area contributed by atoms with Crippen molar-refractivity contribution in [3.8, 4) is 0 Å². The molecule has 0 aliphatic heterocycles. The van der Waals surface area contributed by atoms with Gasteiger partial charge >= 0.3 is 0 Å². The zero-order chi connectivity index (χ0) is 8.85. The van der Waals surface area contributed by atoms with Crippen molar-refractivity contribution in [1.82, 2.24) is 0 Å². The van der Waals surface area contributed by atoms with Crippen LogP contribution in [0.25, 0.3) is 0 Å². The molecule has 0 aliphatic rings. The van der Waals surface area contributed by atoms with Crippen LogP contribution in [0.1, 0.15) is 33.6 Å². The third-order valence-corrected chi connectivity index (χ3v) is 3.26. The van der Waals surface area contributed by atoms with Crippen molar-refractivity contribution in [3.05, 3.63) is 0 Å². The van der Waals surface area contributed by atoms with Crippen molar-refractivity contribution in [2.75, 3.05) is 5.33 Å². The van der Waals surface area contributed by atoms with Crippen molar-refractivity contribution in [2.24, 2.45) is 11.8 Å². The summed E-state index contributed by atoms with van der Waals surface area (Å²) >= 11 is 3.41. The topological polar surface area (TPSA) is 20.2 Å². The summed E-state index contributed by atoms with van der Waals surface area (Å²) in [5, 5.41) is 10.7. The Morgan fingerprint density at radius 3 is 2.09 bits per heavy atom. The minimum absolute atomic E-state index is 0.135. The molecule has 0 rings (SSSR count). The number of hydrogen-bond acceptors (Lipinski definition) is 1. The van der Waals surface area contributed by atoms with Gasteiger partial charge in [-0.2, -0.15) is 0 Å². The van der Waals surface area contributed by atoms with Crippen LogP contribution in [0.3, 0.4) is 0 Å². The van der Waals surface area contributed by atoms with Gasteiger partial charge in [-0.05, 0) is 11.8 Å². The summed E-state index contributed by atoms with van der Waals surface area (Å²) in [5.41, 5.74) is 0. The zero-order valence-corrected chi connectivity index (χ0v) is 9.26. The van der Waals surface area contributed by atoms with E-state index in [1.54, 1.807) is 0 Å². The molecule has 0 saturated heterocycles. The van der Waals surface area contributed by atoms with E-state index in [1.807, 2.05) is 0 Å². The smallest absolute Gasteiger partial charge is 0.0601 e. The number of rotatable bonds is 5. The lowest BCUT2D eigenvalue weighted by molar-refractivity contribution is 0.0641. The predicted octanol–water partition coefficient (Wildman–Crippen LogP) is 2.81. The fourth-order valence-corrected chi connectivity index (χ4v) is 1.99. The van der Waals surface area contributed by atoms with Gasteiger partial charge in [0.2, 0.25) is 0 Å². The lowest BCUT2D eigenvalue weighted by atomic mass is 9.90. The van der Waals surface area contributed by atoms with E-state index in [9.17, 15) is 5.11 Å². The van der Waals surface area contributed by atoms with Crippen LogP contribution >= 0.6 is 15.9 Å². The molecule has 0 spiro atoms. The van der Waals surface area contributed by atoms with Gasteiger partial charge in [0.25, 0.3) is 0 Å². The van der Waals surface area contributed by atoms with E-state index in [1.165, 1.54) is 0 Å². The second kappa shape index (κ2) is 6.01. The van der Waals surface area contributed by atoms with Crippen LogP contribution < -0.4 is 0 Å². The predicted molar refractivity (Wildman–Crippen MR) is 53.0 cm³/mol. The summed E-state index contributed by atoms with van der Waals surface area (Å²) < 4.78 is 0. The molecule has 1 N–H and O–H groups in total. The molecule has 0 amide bonds. The standard InChI is InChI=1S/C9H19BrO/c1-4-7(3)9(11)8(5-2)6-10/h7-9,11H,4-6H2,1-3H3. The van der Waals surface area contributed by atoms with Crippen LogP contribution in [0.15, 0.2) is 0 Å². The molecule has 0 aromatic heterocycles. The first-order valence-corrected chi connectivity index (χ1v) is 5.53. The zero-order valence-electron chi connectivity index (χ0n) is 7.68. The molecule has 0 fully saturated rings. The van der Waals surface area contributed by atoms with E-state index in [4.69, 9.17) is 0 Å². The monoisotopic (exact) mass is 222 g/mol. The Kier molecular flexibility index (Phi) is 6.25. The van der Waals surface area contributed by atoms with Gasteiger partial charge in [0.15, 0.2) is 0 Å². The highest BCUT2D eigenvalue weighted by Crippen LogP contribution is 2.20. The molecule has 0 aromatic carbocycles. The average molecular weight is 223 g/mol. The summed E-state index contributed by atoms with van der Waals surface area (Å²) in [4.78, 5) is 0. The molecule has 2 heteroatoms. The van der Waals surface area contributed by atoms with E-state index in [0.717, 1.165) is 18.2 Å². The third kappa shape index (κ3) is 3.57. The summed E-state index contributed by atoms with van der Waals surface area (Å²) in [7, 11) is 0. The van der Waals surface area contributed by atoms with Crippen molar-refractivity contribution >= 4 is 15.9 Å². The van der Waals surface area contributed by atoms with Gasteiger partial charge in [0, 0.05) is 5.33 Å². The molecule has 0 aromatic rings. The van der Waals surface area contributed by atoms with E-state index >= 15 is 0 Å². The molecule has 3 unspecified atom stereocenters. The van der Waals surface area contributed by atoms with Crippen LogP contribution in [0.5, 0.6) is 0 Å². The highest BCUT2D eigenvalue weighted by Gasteiger charge is 2.20. The Morgan fingerprint density at radius 1 is 1.27 bits per heavy atom. The van der Waals surface area contributed by atoms with Gasteiger partial charge in [-0.1, -0.05) is 49.5 Å². The Morgan fingerprint density at radius 2 is 1.82 bits per heavy atom. The van der Waals surface area contributed by atoms with E-state index in [-0.39, 0.29) is 6.10 Å². The molecular formula is C9H19BrO. The van der Waals surface area contributed by atoms with Gasteiger partial charge < -0.3 is 5.11 Å². The van der Waals surface area contributed by atoms with Gasteiger partial charge in [-0.25, -0.2) is 0 Å². The number of hydrogen-bond donors (Lipinski definition) is 1. The Balaban J connectivity index is 3.86. The van der Waals surface area contributed by atoms with Gasteiger partial charge in [-0.3, -0.25) is 0 Å². The van der Waals surface area contributed by atoms with Crippen LogP contribution in [0, 0.1) is 11.8 Å². The molecule has 1 nitrogen and oxygen atoms in total. The average Bonchev–Trinajstić information content (AvgIpc) is 2.05. The van der Waals surface area contributed by atoms with Crippen molar-refractivity contribution < 1.29 is 5.11 Å². The highest BCUT2D eigenvalue weighted by molar-refractivity contribution is 9.09. The first kappa shape index (κ1) is 11.4. The Labute approximate surface area is 78.3 Å². The van der Waals surface area contributed by atoms with Crippen LogP contribution in [0.2, 0.25) is 0 Å². The lowest BCUT2D eigenvalue weighted by Crippen LogP contribution is -2.27. The second-order valence-corrected chi connectivity index (χ2v) is 3.85. The van der Waals surface area contributed by atoms with E-state index < -0.39 is 0 Å². The summed E-state index contributed by atoms with van der Waals surface area (Å²) in [6.45, 7) is 6.35. The fourth-order valence-electron chi connectivity index (χ4n) is 1.15. The van der Waals surface area contributed by atoms with Gasteiger partial charge in [0.05, 0.1) is 6.10 Å². The molecule has 0 saturated carbocycles. The van der Waals surface area contributed by atoms with Gasteiger partial charge in [0.1, 0.15) is 0 Å². The summed E-state index contributed by atoms with van der Waals surface area (Å²) in [5.74, 6) is 0.849. The minimum atomic E-state index is -0.135. The van der Waals surface area contributed by atoms with Crippen molar-refractivity contribution in [1.29, 1.82) is 0 Å². The SMILES string of the molecule is CCC(C)C(O)C(CC)CBr. The summed E-state index contributed by atoms with van der Waals surface area (Å²) in [6, 6.07) is 0. The number of halogens is 1. The number of aliphatic hydroxyl groups excluding tert-OH is 1. The van der Waals surface area contributed by atoms with Gasteiger partial charge in [-0.15, -0.1) is 0 Å². The van der Waals surface area contributed by atoms with Crippen LogP contribution in [-0.4, -0.2) is 16.5 Å². The Hall–Kier alpha value is 0.440. The lowest BCUT2D eigenvalue weighted by Gasteiger charge is -2.24. The van der Waals surface area contributed by atoms with E-state index in [0.29, 0.717) is 11.8 Å². The molecular weight excluding hydrogens is 204 g/mol. The second-order valence-electron chi connectivity index (χ2n) is 3.20. The molecule has 3 atom stereocenters. The largest absolute Gasteiger partial charge is 0.393 e. The fraction of sp³-hybridized carbons (Fsp3) is 1.00. The molecule has 11 heavy (non-hydrogen) atoms. The molecule has 0 aliphatic carbocycles. The first-order chi connectivity index (χ1) is 5.17. The normalized spacial score (nSPS) is 19.4. The summed E-state index contributed by atoms with van der Waals surface area (Å²) in [6.07, 6.45) is 1.98. The first-order valence-electron chi connectivity index (χ1n) is 4.41. The number of aliphatic hydroxyl groups is 1. The van der Waals surface area contributed by atoms with E-state index in [2.05, 4.69) is 36.7 Å². The van der Waals surface area contributed by atoms with Crippen molar-refractivity contribution in [2.45, 2.75) is 39.7 Å². The maximum Gasteiger partial charge on any atom is 0.0601 e. The van der Waals surface area contributed by atoms with Crippen LogP contribution in [-0.2, 0) is 0 Å². The maximum absolute atomic E-state index is 9.75. The Bertz CT molecular complexity index is 91.6. The number of alkyl halides is 1. The molecule has 0 bridgehead atoms. The maximum atomic E-state index is 9.75. The highest BCUT2D eigenvalue weighted by atomic mass is 79.9. The van der Waals surface area contributed by atoms with Crippen molar-refractivity contribution in [3.63, 3.8) is 0 Å². The van der Waals surface area contributed by atoms with Crippen LogP contribution in [0.4, 0.5) is 0 Å². The minimum Gasteiger partial charge on any atom is -0.393 e. The molecule has 68 valence electrons. The molecule has 0 heterocycles.